The molecule has 0 saturated heterocycles. The predicted molar refractivity (Wildman–Crippen MR) is 88.7 cm³/mol. The van der Waals surface area contributed by atoms with E-state index in [0.29, 0.717) is 6.61 Å². The largest absolute Gasteiger partial charge is 0.491 e. The molecule has 128 valence electrons. The number of hydrogen-bond acceptors (Lipinski definition) is 3. The molecule has 1 aliphatic carbocycles. The molecule has 1 N–H and O–H groups in total. The maximum atomic E-state index is 14.3. The van der Waals surface area contributed by atoms with Crippen molar-refractivity contribution in [3.8, 4) is 5.75 Å². The number of benzene rings is 1. The number of carbonyl (C=O) groups is 1. The third-order valence-corrected chi connectivity index (χ3v) is 4.17. The van der Waals surface area contributed by atoms with Gasteiger partial charge in [-0.3, -0.25) is 5.32 Å². The zero-order valence-electron chi connectivity index (χ0n) is 14.0. The lowest BCUT2D eigenvalue weighted by molar-refractivity contribution is 0.0635. The fraction of sp³-hybridized carbons (Fsp3) is 0.588. The summed E-state index contributed by atoms with van der Waals surface area (Å²) in [6, 6.07) is 2.98. The Labute approximate surface area is 141 Å². The van der Waals surface area contributed by atoms with Gasteiger partial charge in [0.05, 0.1) is 12.3 Å². The highest BCUT2D eigenvalue weighted by Gasteiger charge is 2.33. The summed E-state index contributed by atoms with van der Waals surface area (Å²) in [5.41, 5.74) is -0.551. The van der Waals surface area contributed by atoms with Gasteiger partial charge in [0.1, 0.15) is 16.4 Å². The number of halogens is 2. The molecule has 0 aromatic heterocycles. The second-order valence-electron chi connectivity index (χ2n) is 7.32. The molecule has 4 nitrogen and oxygen atoms in total. The van der Waals surface area contributed by atoms with Gasteiger partial charge < -0.3 is 9.47 Å². The van der Waals surface area contributed by atoms with Crippen molar-refractivity contribution in [1.29, 1.82) is 0 Å². The molecule has 1 saturated carbocycles. The molecular weight excluding hydrogens is 321 g/mol. The van der Waals surface area contributed by atoms with Crippen molar-refractivity contribution in [3.63, 3.8) is 0 Å². The number of anilines is 1. The number of amides is 1. The maximum absolute atomic E-state index is 14.3. The van der Waals surface area contributed by atoms with E-state index in [-0.39, 0.29) is 21.9 Å². The van der Waals surface area contributed by atoms with Crippen LogP contribution in [0.25, 0.3) is 0 Å². The van der Waals surface area contributed by atoms with Crippen LogP contribution >= 0.6 is 11.6 Å². The van der Waals surface area contributed by atoms with Crippen LogP contribution in [0.4, 0.5) is 14.9 Å². The van der Waals surface area contributed by atoms with Crippen LogP contribution in [0.3, 0.4) is 0 Å². The van der Waals surface area contributed by atoms with Crippen molar-refractivity contribution in [1.82, 2.24) is 0 Å². The van der Waals surface area contributed by atoms with E-state index < -0.39 is 17.5 Å². The molecule has 6 heteroatoms. The first-order chi connectivity index (χ1) is 10.6. The average molecular weight is 344 g/mol. The smallest absolute Gasteiger partial charge is 0.412 e. The predicted octanol–water partition coefficient (Wildman–Crippen LogP) is 5.40. The Hall–Kier alpha value is -1.49. The van der Waals surface area contributed by atoms with Gasteiger partial charge in [-0.2, -0.15) is 0 Å². The Kier molecular flexibility index (Phi) is 5.09. The third-order valence-electron chi connectivity index (χ3n) is 3.82. The summed E-state index contributed by atoms with van der Waals surface area (Å²) in [5, 5.41) is 2.22. The lowest BCUT2D eigenvalue weighted by Gasteiger charge is -2.37. The van der Waals surface area contributed by atoms with Gasteiger partial charge in [0.15, 0.2) is 5.82 Å². The topological polar surface area (TPSA) is 47.6 Å². The molecule has 2 rings (SSSR count). The molecule has 1 amide bonds. The number of ether oxygens (including phenoxy) is 2. The Balaban J connectivity index is 2.03. The number of hydrogen-bond donors (Lipinski definition) is 1. The zero-order chi connectivity index (χ0) is 17.3. The van der Waals surface area contributed by atoms with Crippen LogP contribution < -0.4 is 10.1 Å². The fourth-order valence-corrected chi connectivity index (χ4v) is 2.55. The van der Waals surface area contributed by atoms with Gasteiger partial charge in [-0.05, 0) is 45.7 Å². The summed E-state index contributed by atoms with van der Waals surface area (Å²) in [6.07, 6.45) is 2.67. The first-order valence-corrected chi connectivity index (χ1v) is 8.08. The van der Waals surface area contributed by atoms with Crippen molar-refractivity contribution >= 4 is 23.4 Å². The van der Waals surface area contributed by atoms with E-state index in [4.69, 9.17) is 21.1 Å². The Morgan fingerprint density at radius 2 is 2.04 bits per heavy atom. The standard InChI is InChI=1S/C17H23ClFNO3/c1-16(2,3)23-15(21)20-11-6-7-12(13(18)14(11)19)22-10-17(4)8-5-9-17/h6-7H,5,8-10H2,1-4H3,(H,20,21). The second-order valence-corrected chi connectivity index (χ2v) is 7.70. The molecule has 0 bridgehead atoms. The van der Waals surface area contributed by atoms with E-state index in [0.717, 1.165) is 12.8 Å². The summed E-state index contributed by atoms with van der Waals surface area (Å²) < 4.78 is 25.0. The van der Waals surface area contributed by atoms with Gasteiger partial charge in [-0.25, -0.2) is 9.18 Å². The quantitative estimate of drug-likeness (QED) is 0.796. The Morgan fingerprint density at radius 3 is 2.57 bits per heavy atom. The molecule has 0 aliphatic heterocycles. The van der Waals surface area contributed by atoms with E-state index in [1.54, 1.807) is 26.8 Å². The maximum Gasteiger partial charge on any atom is 0.412 e. The minimum atomic E-state index is -0.733. The van der Waals surface area contributed by atoms with Crippen molar-refractivity contribution in [2.24, 2.45) is 5.41 Å². The van der Waals surface area contributed by atoms with Crippen molar-refractivity contribution in [2.75, 3.05) is 11.9 Å². The van der Waals surface area contributed by atoms with Crippen LogP contribution in [0.15, 0.2) is 12.1 Å². The highest BCUT2D eigenvalue weighted by molar-refractivity contribution is 6.32. The van der Waals surface area contributed by atoms with Gasteiger partial charge in [0, 0.05) is 5.41 Å². The van der Waals surface area contributed by atoms with E-state index in [9.17, 15) is 9.18 Å². The lowest BCUT2D eigenvalue weighted by atomic mass is 9.71. The Bertz CT molecular complexity index is 594. The molecule has 0 unspecified atom stereocenters. The van der Waals surface area contributed by atoms with Gasteiger partial charge >= 0.3 is 6.09 Å². The van der Waals surface area contributed by atoms with Gasteiger partial charge in [0.2, 0.25) is 0 Å². The second kappa shape index (κ2) is 6.56. The van der Waals surface area contributed by atoms with Crippen molar-refractivity contribution in [3.05, 3.63) is 23.0 Å². The van der Waals surface area contributed by atoms with Crippen LogP contribution in [0.2, 0.25) is 5.02 Å². The molecular formula is C17H23ClFNO3. The molecule has 0 spiro atoms. The molecule has 1 aromatic carbocycles. The third kappa shape index (κ3) is 4.74. The highest BCUT2D eigenvalue weighted by atomic mass is 35.5. The summed E-state index contributed by atoms with van der Waals surface area (Å²) >= 11 is 6.01. The normalized spacial score (nSPS) is 16.4. The van der Waals surface area contributed by atoms with Crippen LogP contribution in [0.5, 0.6) is 5.75 Å². The van der Waals surface area contributed by atoms with E-state index in [2.05, 4.69) is 12.2 Å². The summed E-state index contributed by atoms with van der Waals surface area (Å²) in [7, 11) is 0. The Morgan fingerprint density at radius 1 is 1.39 bits per heavy atom. The fourth-order valence-electron chi connectivity index (χ4n) is 2.33. The lowest BCUT2D eigenvalue weighted by Crippen LogP contribution is -2.32. The first-order valence-electron chi connectivity index (χ1n) is 7.70. The molecule has 1 fully saturated rings. The van der Waals surface area contributed by atoms with Crippen LogP contribution in [0.1, 0.15) is 47.0 Å². The molecule has 1 aliphatic rings. The van der Waals surface area contributed by atoms with Gasteiger partial charge in [-0.1, -0.05) is 24.9 Å². The SMILES string of the molecule is CC1(COc2ccc(NC(=O)OC(C)(C)C)c(F)c2Cl)CCC1. The van der Waals surface area contributed by atoms with Gasteiger partial charge in [-0.15, -0.1) is 0 Å². The molecule has 0 radical (unpaired) electrons. The minimum Gasteiger partial charge on any atom is -0.491 e. The van der Waals surface area contributed by atoms with E-state index >= 15 is 0 Å². The molecule has 0 heterocycles. The van der Waals surface area contributed by atoms with Crippen molar-refractivity contribution in [2.45, 2.75) is 52.6 Å². The first kappa shape index (κ1) is 17.9. The summed E-state index contributed by atoms with van der Waals surface area (Å²) in [5.74, 6) is -0.444. The monoisotopic (exact) mass is 343 g/mol. The molecule has 0 atom stereocenters. The van der Waals surface area contributed by atoms with E-state index in [1.165, 1.54) is 12.5 Å². The number of nitrogens with one attached hydrogen (secondary N) is 1. The zero-order valence-corrected chi connectivity index (χ0v) is 14.7. The summed E-state index contributed by atoms with van der Waals surface area (Å²) in [6.45, 7) is 7.83. The van der Waals surface area contributed by atoms with Gasteiger partial charge in [0.25, 0.3) is 0 Å². The molecule has 23 heavy (non-hydrogen) atoms. The van der Waals surface area contributed by atoms with E-state index in [1.807, 2.05) is 0 Å². The van der Waals surface area contributed by atoms with Crippen molar-refractivity contribution < 1.29 is 18.7 Å². The average Bonchev–Trinajstić information content (AvgIpc) is 2.39. The van der Waals surface area contributed by atoms with Crippen LogP contribution in [0, 0.1) is 11.2 Å². The minimum absolute atomic E-state index is 0.0357. The van der Waals surface area contributed by atoms with Crippen LogP contribution in [-0.4, -0.2) is 18.3 Å². The molecule has 1 aromatic rings. The number of rotatable bonds is 4. The summed E-state index contributed by atoms with van der Waals surface area (Å²) in [4.78, 5) is 11.7. The number of carbonyl (C=O) groups excluding carboxylic acids is 1. The van der Waals surface area contributed by atoms with Crippen LogP contribution in [-0.2, 0) is 4.74 Å². The highest BCUT2D eigenvalue weighted by Crippen LogP contribution is 2.41.